The van der Waals surface area contributed by atoms with Crippen molar-refractivity contribution in [3.05, 3.63) is 47.8 Å². The highest BCUT2D eigenvalue weighted by molar-refractivity contribution is 5.37. The lowest BCUT2D eigenvalue weighted by Crippen LogP contribution is -2.30. The minimum absolute atomic E-state index is 0.112. The lowest BCUT2D eigenvalue weighted by Gasteiger charge is -2.33. The number of rotatable bonds is 1. The van der Waals surface area contributed by atoms with Crippen molar-refractivity contribution in [2.24, 2.45) is 11.1 Å². The molecule has 1 aliphatic carbocycles. The van der Waals surface area contributed by atoms with E-state index in [2.05, 4.69) is 31.1 Å². The Labute approximate surface area is 108 Å². The SMILES string of the molecule is CC1(C)Cc2c(cnn2-c2ccccc2)C(N)C1. The van der Waals surface area contributed by atoms with Crippen LogP contribution in [0.4, 0.5) is 0 Å². The van der Waals surface area contributed by atoms with Crippen LogP contribution in [0.25, 0.3) is 5.69 Å². The molecule has 0 radical (unpaired) electrons. The summed E-state index contributed by atoms with van der Waals surface area (Å²) >= 11 is 0. The van der Waals surface area contributed by atoms with Gasteiger partial charge in [-0.1, -0.05) is 32.0 Å². The van der Waals surface area contributed by atoms with E-state index in [4.69, 9.17) is 5.73 Å². The Hall–Kier alpha value is -1.61. The van der Waals surface area contributed by atoms with Crippen molar-refractivity contribution in [2.75, 3.05) is 0 Å². The number of hydrogen-bond acceptors (Lipinski definition) is 2. The Bertz CT molecular complexity index is 554. The summed E-state index contributed by atoms with van der Waals surface area (Å²) < 4.78 is 2.04. The van der Waals surface area contributed by atoms with Gasteiger partial charge in [0.25, 0.3) is 0 Å². The van der Waals surface area contributed by atoms with Gasteiger partial charge in [-0.15, -0.1) is 0 Å². The lowest BCUT2D eigenvalue weighted by atomic mass is 9.74. The maximum Gasteiger partial charge on any atom is 0.0648 e. The number of nitrogens with zero attached hydrogens (tertiary/aromatic N) is 2. The van der Waals surface area contributed by atoms with Gasteiger partial charge in [0.1, 0.15) is 0 Å². The van der Waals surface area contributed by atoms with E-state index >= 15 is 0 Å². The van der Waals surface area contributed by atoms with Crippen LogP contribution in [0, 0.1) is 5.41 Å². The van der Waals surface area contributed by atoms with E-state index in [9.17, 15) is 0 Å². The fraction of sp³-hybridized carbons (Fsp3) is 0.400. The van der Waals surface area contributed by atoms with Gasteiger partial charge < -0.3 is 5.73 Å². The first-order valence-corrected chi connectivity index (χ1v) is 6.45. The van der Waals surface area contributed by atoms with Crippen molar-refractivity contribution in [3.63, 3.8) is 0 Å². The lowest BCUT2D eigenvalue weighted by molar-refractivity contribution is 0.278. The number of fused-ring (bicyclic) bond motifs is 1. The zero-order valence-corrected chi connectivity index (χ0v) is 10.9. The van der Waals surface area contributed by atoms with Crippen LogP contribution in [0.15, 0.2) is 36.5 Å². The van der Waals surface area contributed by atoms with Gasteiger partial charge in [0.2, 0.25) is 0 Å². The zero-order chi connectivity index (χ0) is 12.8. The number of nitrogens with two attached hydrogens (primary N) is 1. The fourth-order valence-electron chi connectivity index (χ4n) is 2.90. The van der Waals surface area contributed by atoms with Crippen molar-refractivity contribution in [3.8, 4) is 5.69 Å². The Morgan fingerprint density at radius 2 is 2.00 bits per heavy atom. The molecule has 3 nitrogen and oxygen atoms in total. The van der Waals surface area contributed by atoms with Crippen molar-refractivity contribution in [2.45, 2.75) is 32.7 Å². The third-order valence-corrected chi connectivity index (χ3v) is 3.72. The monoisotopic (exact) mass is 241 g/mol. The molecule has 1 unspecified atom stereocenters. The van der Waals surface area contributed by atoms with E-state index < -0.39 is 0 Å². The van der Waals surface area contributed by atoms with Crippen molar-refractivity contribution in [1.29, 1.82) is 0 Å². The molecule has 0 spiro atoms. The largest absolute Gasteiger partial charge is 0.324 e. The van der Waals surface area contributed by atoms with Crippen LogP contribution in [0.2, 0.25) is 0 Å². The van der Waals surface area contributed by atoms with E-state index in [0.717, 1.165) is 18.5 Å². The van der Waals surface area contributed by atoms with Crippen molar-refractivity contribution >= 4 is 0 Å². The first-order valence-electron chi connectivity index (χ1n) is 6.45. The quantitative estimate of drug-likeness (QED) is 0.834. The van der Waals surface area contributed by atoms with Crippen LogP contribution in [0.1, 0.15) is 37.6 Å². The maximum absolute atomic E-state index is 6.26. The molecule has 1 aromatic carbocycles. The molecule has 1 aliphatic rings. The summed E-state index contributed by atoms with van der Waals surface area (Å²) in [6.45, 7) is 4.55. The third kappa shape index (κ3) is 1.85. The molecule has 0 amide bonds. The summed E-state index contributed by atoms with van der Waals surface area (Å²) in [5, 5.41) is 4.52. The van der Waals surface area contributed by atoms with E-state index in [0.29, 0.717) is 0 Å². The molecular weight excluding hydrogens is 222 g/mol. The van der Waals surface area contributed by atoms with E-state index in [1.165, 1.54) is 11.3 Å². The maximum atomic E-state index is 6.26. The molecule has 0 saturated heterocycles. The second kappa shape index (κ2) is 3.95. The Morgan fingerprint density at radius 1 is 1.28 bits per heavy atom. The van der Waals surface area contributed by atoms with Crippen LogP contribution < -0.4 is 5.73 Å². The van der Waals surface area contributed by atoms with Gasteiger partial charge in [-0.05, 0) is 30.4 Å². The molecule has 0 aliphatic heterocycles. The topological polar surface area (TPSA) is 43.8 Å². The molecular formula is C15H19N3. The molecule has 0 saturated carbocycles. The van der Waals surface area contributed by atoms with Crippen LogP contribution in [-0.4, -0.2) is 9.78 Å². The predicted molar refractivity (Wildman–Crippen MR) is 72.6 cm³/mol. The molecule has 3 heteroatoms. The molecule has 1 aromatic heterocycles. The van der Waals surface area contributed by atoms with Gasteiger partial charge in [0.15, 0.2) is 0 Å². The Morgan fingerprint density at radius 3 is 2.72 bits per heavy atom. The number of hydrogen-bond donors (Lipinski definition) is 1. The average molecular weight is 241 g/mol. The normalized spacial score (nSPS) is 21.6. The predicted octanol–water partition coefficient (Wildman–Crippen LogP) is 2.84. The average Bonchev–Trinajstić information content (AvgIpc) is 2.72. The number of aromatic nitrogens is 2. The molecule has 0 bridgehead atoms. The van der Waals surface area contributed by atoms with Gasteiger partial charge in [-0.3, -0.25) is 0 Å². The molecule has 2 N–H and O–H groups in total. The summed E-state index contributed by atoms with van der Waals surface area (Å²) in [7, 11) is 0. The molecule has 94 valence electrons. The van der Waals surface area contributed by atoms with Gasteiger partial charge in [-0.2, -0.15) is 5.10 Å². The van der Waals surface area contributed by atoms with Crippen LogP contribution in [0.5, 0.6) is 0 Å². The Balaban J connectivity index is 2.10. The second-order valence-electron chi connectivity index (χ2n) is 5.95. The smallest absolute Gasteiger partial charge is 0.0648 e. The molecule has 2 aromatic rings. The van der Waals surface area contributed by atoms with E-state index in [-0.39, 0.29) is 11.5 Å². The highest BCUT2D eigenvalue weighted by atomic mass is 15.3. The molecule has 0 fully saturated rings. The molecule has 3 rings (SSSR count). The van der Waals surface area contributed by atoms with E-state index in [1.807, 2.05) is 29.1 Å². The minimum Gasteiger partial charge on any atom is -0.324 e. The number of benzene rings is 1. The first kappa shape index (κ1) is 11.5. The van der Waals surface area contributed by atoms with E-state index in [1.54, 1.807) is 0 Å². The van der Waals surface area contributed by atoms with Crippen LogP contribution in [-0.2, 0) is 6.42 Å². The summed E-state index contributed by atoms with van der Waals surface area (Å²) in [6, 6.07) is 10.4. The fourth-order valence-corrected chi connectivity index (χ4v) is 2.90. The zero-order valence-electron chi connectivity index (χ0n) is 10.9. The summed E-state index contributed by atoms with van der Waals surface area (Å²) in [5.41, 5.74) is 10.1. The Kier molecular flexibility index (Phi) is 2.52. The second-order valence-corrected chi connectivity index (χ2v) is 5.95. The molecule has 18 heavy (non-hydrogen) atoms. The van der Waals surface area contributed by atoms with Gasteiger partial charge in [0, 0.05) is 17.3 Å². The van der Waals surface area contributed by atoms with Crippen molar-refractivity contribution in [1.82, 2.24) is 9.78 Å². The third-order valence-electron chi connectivity index (χ3n) is 3.72. The number of para-hydroxylation sites is 1. The van der Waals surface area contributed by atoms with Crippen LogP contribution in [0.3, 0.4) is 0 Å². The van der Waals surface area contributed by atoms with Gasteiger partial charge in [-0.25, -0.2) is 4.68 Å². The molecule has 1 atom stereocenters. The van der Waals surface area contributed by atoms with Gasteiger partial charge >= 0.3 is 0 Å². The van der Waals surface area contributed by atoms with Gasteiger partial charge in [0.05, 0.1) is 11.9 Å². The minimum atomic E-state index is 0.112. The molecule has 1 heterocycles. The highest BCUT2D eigenvalue weighted by Crippen LogP contribution is 2.39. The summed E-state index contributed by atoms with van der Waals surface area (Å²) in [4.78, 5) is 0. The summed E-state index contributed by atoms with van der Waals surface area (Å²) in [5.74, 6) is 0. The standard InChI is InChI=1S/C15H19N3/c1-15(2)8-13(16)12-10-17-18(14(12)9-15)11-6-4-3-5-7-11/h3-7,10,13H,8-9,16H2,1-2H3. The van der Waals surface area contributed by atoms with Crippen molar-refractivity contribution < 1.29 is 0 Å². The summed E-state index contributed by atoms with van der Waals surface area (Å²) in [6.07, 6.45) is 3.99. The van der Waals surface area contributed by atoms with Crippen LogP contribution >= 0.6 is 0 Å². The highest BCUT2D eigenvalue weighted by Gasteiger charge is 2.33. The first-order chi connectivity index (χ1) is 8.57.